The van der Waals surface area contributed by atoms with E-state index in [1.165, 1.54) is 13.2 Å². The van der Waals surface area contributed by atoms with Gasteiger partial charge in [0.1, 0.15) is 11.5 Å². The van der Waals surface area contributed by atoms with Gasteiger partial charge in [-0.25, -0.2) is 4.39 Å². The highest BCUT2D eigenvalue weighted by Crippen LogP contribution is 2.33. The van der Waals surface area contributed by atoms with E-state index in [2.05, 4.69) is 16.3 Å². The Morgan fingerprint density at radius 2 is 2.06 bits per heavy atom. The van der Waals surface area contributed by atoms with Crippen molar-refractivity contribution in [3.05, 3.63) is 23.8 Å². The zero-order chi connectivity index (χ0) is 13.9. The van der Waals surface area contributed by atoms with Gasteiger partial charge in [0.2, 0.25) is 0 Å². The fourth-order valence-corrected chi connectivity index (χ4v) is 1.27. The first-order valence-electron chi connectivity index (χ1n) is 4.50. The Bertz CT molecular complexity index is 452. The third-order valence-electron chi connectivity index (χ3n) is 1.90. The molecular weight excluding hydrogens is 296 g/mol. The van der Waals surface area contributed by atoms with Gasteiger partial charge in [-0.2, -0.15) is 8.78 Å². The van der Waals surface area contributed by atoms with Crippen LogP contribution in [0.25, 0.3) is 0 Å². The molecule has 0 N–H and O–H groups in total. The van der Waals surface area contributed by atoms with Crippen LogP contribution >= 0.6 is 23.2 Å². The molecule has 1 aromatic rings. The molecule has 3 nitrogen and oxygen atoms in total. The zero-order valence-electron chi connectivity index (χ0n) is 8.92. The highest BCUT2D eigenvalue weighted by Gasteiger charge is 2.42. The summed E-state index contributed by atoms with van der Waals surface area (Å²) >= 11 is 9.82. The first-order valence-corrected chi connectivity index (χ1v) is 5.32. The summed E-state index contributed by atoms with van der Waals surface area (Å²) in [6.07, 6.45) is -4.30. The number of methoxy groups -OCH3 is 1. The van der Waals surface area contributed by atoms with Crippen molar-refractivity contribution < 1.29 is 27.4 Å². The van der Waals surface area contributed by atoms with E-state index < -0.39 is 22.7 Å². The Morgan fingerprint density at radius 1 is 1.44 bits per heavy atom. The molecule has 0 aliphatic rings. The average molecular weight is 303 g/mol. The van der Waals surface area contributed by atoms with Gasteiger partial charge in [-0.15, -0.1) is 0 Å². The van der Waals surface area contributed by atoms with Crippen molar-refractivity contribution in [2.75, 3.05) is 7.11 Å². The van der Waals surface area contributed by atoms with E-state index in [9.17, 15) is 18.0 Å². The van der Waals surface area contributed by atoms with E-state index in [0.29, 0.717) is 0 Å². The summed E-state index contributed by atoms with van der Waals surface area (Å²) in [4.78, 5) is 11.0. The maximum Gasteiger partial charge on any atom is 0.444 e. The van der Waals surface area contributed by atoms with Crippen LogP contribution < -0.4 is 9.47 Å². The molecule has 0 heterocycles. The van der Waals surface area contributed by atoms with Crippen molar-refractivity contribution in [1.29, 1.82) is 0 Å². The lowest BCUT2D eigenvalue weighted by atomic mass is 10.2. The minimum absolute atomic E-state index is 0.132. The molecule has 1 atom stereocenters. The maximum absolute atomic E-state index is 13.0. The van der Waals surface area contributed by atoms with Crippen molar-refractivity contribution in [3.63, 3.8) is 0 Å². The van der Waals surface area contributed by atoms with E-state index in [1.807, 2.05) is 0 Å². The zero-order valence-corrected chi connectivity index (χ0v) is 10.4. The van der Waals surface area contributed by atoms with Gasteiger partial charge < -0.3 is 9.47 Å². The van der Waals surface area contributed by atoms with E-state index >= 15 is 0 Å². The summed E-state index contributed by atoms with van der Waals surface area (Å²) < 4.78 is 47.2. The highest BCUT2D eigenvalue weighted by molar-refractivity contribution is 6.68. The van der Waals surface area contributed by atoms with Gasteiger partial charge in [0.25, 0.3) is 10.9 Å². The number of hydrogen-bond donors (Lipinski definition) is 0. The first kappa shape index (κ1) is 14.9. The monoisotopic (exact) mass is 302 g/mol. The van der Waals surface area contributed by atoms with Gasteiger partial charge in [0.05, 0.1) is 12.7 Å². The van der Waals surface area contributed by atoms with E-state index in [-0.39, 0.29) is 11.3 Å². The molecule has 1 unspecified atom stereocenters. The van der Waals surface area contributed by atoms with Crippen LogP contribution in [0.5, 0.6) is 11.5 Å². The number of hydrogen-bond acceptors (Lipinski definition) is 3. The van der Waals surface area contributed by atoms with Crippen molar-refractivity contribution >= 4 is 28.4 Å². The minimum Gasteiger partial charge on any atom is -0.497 e. The number of benzene rings is 1. The smallest absolute Gasteiger partial charge is 0.444 e. The number of alkyl halides is 4. The molecule has 100 valence electrons. The van der Waals surface area contributed by atoms with Crippen LogP contribution in [-0.4, -0.2) is 24.1 Å². The molecule has 18 heavy (non-hydrogen) atoms. The molecule has 0 aliphatic heterocycles. The molecular formula is C10H7Cl2F3O3. The van der Waals surface area contributed by atoms with Crippen molar-refractivity contribution in [3.8, 4) is 11.5 Å². The molecule has 0 aliphatic carbocycles. The Morgan fingerprint density at radius 3 is 2.50 bits per heavy atom. The Balaban J connectivity index is 3.16. The Kier molecular flexibility index (Phi) is 4.70. The second-order valence-electron chi connectivity index (χ2n) is 3.10. The predicted molar refractivity (Wildman–Crippen MR) is 59.5 cm³/mol. The highest BCUT2D eigenvalue weighted by atomic mass is 35.5. The number of rotatable bonds is 5. The van der Waals surface area contributed by atoms with Gasteiger partial charge in [-0.1, -0.05) is 11.6 Å². The van der Waals surface area contributed by atoms with E-state index in [1.54, 1.807) is 0 Å². The number of halogens is 5. The van der Waals surface area contributed by atoms with Crippen molar-refractivity contribution in [2.45, 2.75) is 11.7 Å². The van der Waals surface area contributed by atoms with Crippen molar-refractivity contribution in [2.24, 2.45) is 0 Å². The lowest BCUT2D eigenvalue weighted by Gasteiger charge is -2.19. The third kappa shape index (κ3) is 3.43. The van der Waals surface area contributed by atoms with Crippen LogP contribution in [0.1, 0.15) is 10.4 Å². The second-order valence-corrected chi connectivity index (χ2v) is 3.83. The lowest BCUT2D eigenvalue weighted by molar-refractivity contribution is -0.199. The topological polar surface area (TPSA) is 35.5 Å². The Labute approximate surface area is 110 Å². The average Bonchev–Trinajstić information content (AvgIpc) is 2.27. The molecule has 0 spiro atoms. The molecule has 0 bridgehead atoms. The fraction of sp³-hybridized carbons (Fsp3) is 0.300. The van der Waals surface area contributed by atoms with Gasteiger partial charge in [-0.05, 0) is 23.7 Å². The van der Waals surface area contributed by atoms with Gasteiger partial charge >= 0.3 is 6.11 Å². The SMILES string of the molecule is COc1ccc(C(=O)Cl)c(OC(F)(F)C(F)Cl)c1. The molecule has 8 heteroatoms. The molecule has 0 amide bonds. The molecule has 0 saturated heterocycles. The van der Waals surface area contributed by atoms with Crippen LogP contribution in [0.4, 0.5) is 13.2 Å². The molecule has 1 aromatic carbocycles. The molecule has 0 saturated carbocycles. The molecule has 0 aromatic heterocycles. The Hall–Kier alpha value is -1.14. The summed E-state index contributed by atoms with van der Waals surface area (Å²) in [6.45, 7) is 0. The number of carbonyl (C=O) groups excluding carboxylic acids is 1. The summed E-state index contributed by atoms with van der Waals surface area (Å²) in [5.41, 5.74) is -3.42. The molecule has 1 rings (SSSR count). The summed E-state index contributed by atoms with van der Waals surface area (Å²) in [5.74, 6) is -0.491. The molecule has 0 fully saturated rings. The standard InChI is InChI=1S/C10H7Cl2F3O3/c1-17-5-2-3-6(8(11)16)7(4-5)18-10(14,15)9(12)13/h2-4,9H,1H3. The van der Waals surface area contributed by atoms with Crippen molar-refractivity contribution in [1.82, 2.24) is 0 Å². The maximum atomic E-state index is 13.0. The second kappa shape index (κ2) is 5.67. The third-order valence-corrected chi connectivity index (χ3v) is 2.36. The number of ether oxygens (including phenoxy) is 2. The van der Waals surface area contributed by atoms with E-state index in [0.717, 1.165) is 12.1 Å². The number of carbonyl (C=O) groups is 1. The van der Waals surface area contributed by atoms with E-state index in [4.69, 9.17) is 16.3 Å². The summed E-state index contributed by atoms with van der Waals surface area (Å²) in [5, 5.41) is -1.03. The molecule has 0 radical (unpaired) electrons. The van der Waals surface area contributed by atoms with Crippen LogP contribution in [0.15, 0.2) is 18.2 Å². The minimum atomic E-state index is -4.30. The first-order chi connectivity index (χ1) is 8.27. The van der Waals surface area contributed by atoms with Crippen LogP contribution in [-0.2, 0) is 0 Å². The summed E-state index contributed by atoms with van der Waals surface area (Å²) in [7, 11) is 1.28. The van der Waals surface area contributed by atoms with Gasteiger partial charge in [0.15, 0.2) is 0 Å². The quantitative estimate of drug-likeness (QED) is 0.616. The predicted octanol–water partition coefficient (Wildman–Crippen LogP) is 3.58. The lowest BCUT2D eigenvalue weighted by Crippen LogP contribution is -2.33. The van der Waals surface area contributed by atoms with Crippen LogP contribution in [0, 0.1) is 0 Å². The van der Waals surface area contributed by atoms with Crippen LogP contribution in [0.3, 0.4) is 0 Å². The van der Waals surface area contributed by atoms with Gasteiger partial charge in [0, 0.05) is 6.07 Å². The largest absolute Gasteiger partial charge is 0.497 e. The summed E-state index contributed by atoms with van der Waals surface area (Å²) in [6, 6.07) is 3.40. The fourth-order valence-electron chi connectivity index (χ4n) is 1.07. The van der Waals surface area contributed by atoms with Crippen LogP contribution in [0.2, 0.25) is 0 Å². The normalized spacial score (nSPS) is 13.0. The van der Waals surface area contributed by atoms with Gasteiger partial charge in [-0.3, -0.25) is 4.79 Å².